The van der Waals surface area contributed by atoms with Crippen LogP contribution in [0.15, 0.2) is 42.0 Å². The van der Waals surface area contributed by atoms with Gasteiger partial charge in [-0.15, -0.1) is 11.3 Å². The van der Waals surface area contributed by atoms with Crippen LogP contribution in [0.25, 0.3) is 16.5 Å². The summed E-state index contributed by atoms with van der Waals surface area (Å²) in [4.78, 5) is 1.88. The number of thiophene rings is 1. The number of hydrogen-bond acceptors (Lipinski definition) is 3. The fourth-order valence-corrected chi connectivity index (χ4v) is 2.75. The van der Waals surface area contributed by atoms with Crippen LogP contribution in [0, 0.1) is 22.7 Å². The molecule has 1 aromatic heterocycles. The van der Waals surface area contributed by atoms with Gasteiger partial charge >= 0.3 is 0 Å². The number of nitriles is 2. The molecule has 2 aromatic rings. The van der Waals surface area contributed by atoms with Crippen molar-refractivity contribution in [3.63, 3.8) is 0 Å². The second-order valence-electron chi connectivity index (χ2n) is 3.46. The topological polar surface area (TPSA) is 47.6 Å². The van der Waals surface area contributed by atoms with Crippen LogP contribution in [0.4, 0.5) is 0 Å². The molecule has 0 amide bonds. The van der Waals surface area contributed by atoms with E-state index in [0.29, 0.717) is 5.02 Å². The van der Waals surface area contributed by atoms with E-state index in [9.17, 15) is 0 Å². The molecule has 2 rings (SSSR count). The first-order valence-electron chi connectivity index (χ1n) is 5.11. The van der Waals surface area contributed by atoms with E-state index in [4.69, 9.17) is 22.1 Å². The molecule has 86 valence electrons. The normalized spacial score (nSPS) is 9.28. The Morgan fingerprint density at radius 3 is 2.50 bits per heavy atom. The Bertz CT molecular complexity index is 670. The van der Waals surface area contributed by atoms with E-state index in [0.717, 1.165) is 15.3 Å². The molecule has 0 aliphatic rings. The van der Waals surface area contributed by atoms with Gasteiger partial charge in [0.25, 0.3) is 0 Å². The highest BCUT2D eigenvalue weighted by molar-refractivity contribution is 7.16. The van der Waals surface area contributed by atoms with Crippen molar-refractivity contribution < 1.29 is 0 Å². The summed E-state index contributed by atoms with van der Waals surface area (Å²) in [7, 11) is 0. The molecule has 0 N–H and O–H groups in total. The quantitative estimate of drug-likeness (QED) is 0.754. The minimum absolute atomic E-state index is 0.0996. The molecule has 0 spiro atoms. The fourth-order valence-electron chi connectivity index (χ4n) is 1.47. The molecule has 0 saturated heterocycles. The van der Waals surface area contributed by atoms with Crippen molar-refractivity contribution in [2.24, 2.45) is 0 Å². The van der Waals surface area contributed by atoms with E-state index in [2.05, 4.69) is 0 Å². The van der Waals surface area contributed by atoms with Gasteiger partial charge in [-0.25, -0.2) is 0 Å². The van der Waals surface area contributed by atoms with E-state index in [1.165, 1.54) is 11.3 Å². The molecule has 0 atom stereocenters. The molecular formula is C14H7ClN2S. The molecule has 2 nitrogen and oxygen atoms in total. The van der Waals surface area contributed by atoms with E-state index in [1.807, 2.05) is 48.5 Å². The first-order chi connectivity index (χ1) is 8.74. The monoisotopic (exact) mass is 270 g/mol. The van der Waals surface area contributed by atoms with Crippen LogP contribution >= 0.6 is 22.9 Å². The summed E-state index contributed by atoms with van der Waals surface area (Å²) in [5, 5.41) is 18.1. The van der Waals surface area contributed by atoms with Crippen molar-refractivity contribution in [2.75, 3.05) is 0 Å². The van der Waals surface area contributed by atoms with E-state index in [-0.39, 0.29) is 5.57 Å². The largest absolute Gasteiger partial charge is 0.192 e. The fraction of sp³-hybridized carbons (Fsp3) is 0. The van der Waals surface area contributed by atoms with Gasteiger partial charge in [0, 0.05) is 20.3 Å². The Morgan fingerprint density at radius 1 is 1.11 bits per heavy atom. The molecule has 0 saturated carbocycles. The first kappa shape index (κ1) is 12.4. The molecule has 0 bridgehead atoms. The van der Waals surface area contributed by atoms with Gasteiger partial charge in [0.05, 0.1) is 0 Å². The average molecular weight is 271 g/mol. The Labute approximate surface area is 114 Å². The molecule has 0 radical (unpaired) electrons. The van der Waals surface area contributed by atoms with Crippen LogP contribution in [-0.4, -0.2) is 0 Å². The van der Waals surface area contributed by atoms with Crippen LogP contribution in [0.5, 0.6) is 0 Å². The SMILES string of the molecule is N#CC(C#N)=Cc1ccc(-c2ccccc2Cl)s1. The standard InChI is InChI=1S/C14H7ClN2S/c15-13-4-2-1-3-12(13)14-6-5-11(18-14)7-10(8-16)9-17/h1-7H. The Morgan fingerprint density at radius 2 is 1.83 bits per heavy atom. The van der Waals surface area contributed by atoms with Gasteiger partial charge in [-0.2, -0.15) is 10.5 Å². The molecule has 0 aliphatic carbocycles. The van der Waals surface area contributed by atoms with Gasteiger partial charge in [0.2, 0.25) is 0 Å². The van der Waals surface area contributed by atoms with Crippen LogP contribution in [0.2, 0.25) is 5.02 Å². The van der Waals surface area contributed by atoms with E-state index >= 15 is 0 Å². The van der Waals surface area contributed by atoms with Crippen molar-refractivity contribution >= 4 is 29.0 Å². The van der Waals surface area contributed by atoms with Gasteiger partial charge in [-0.1, -0.05) is 29.8 Å². The maximum absolute atomic E-state index is 8.70. The zero-order chi connectivity index (χ0) is 13.0. The molecular weight excluding hydrogens is 264 g/mol. The van der Waals surface area contributed by atoms with Crippen LogP contribution < -0.4 is 0 Å². The summed E-state index contributed by atoms with van der Waals surface area (Å²) < 4.78 is 0. The lowest BCUT2D eigenvalue weighted by Gasteiger charge is -1.99. The molecule has 1 heterocycles. The molecule has 0 fully saturated rings. The summed E-state index contributed by atoms with van der Waals surface area (Å²) in [5.41, 5.74) is 1.06. The Balaban J connectivity index is 2.39. The van der Waals surface area contributed by atoms with Crippen molar-refractivity contribution in [2.45, 2.75) is 0 Å². The minimum Gasteiger partial charge on any atom is -0.192 e. The number of allylic oxidation sites excluding steroid dienone is 1. The second kappa shape index (κ2) is 5.51. The predicted molar refractivity (Wildman–Crippen MR) is 74.0 cm³/mol. The summed E-state index contributed by atoms with van der Waals surface area (Å²) >= 11 is 7.61. The van der Waals surface area contributed by atoms with Crippen molar-refractivity contribution in [1.29, 1.82) is 10.5 Å². The van der Waals surface area contributed by atoms with Gasteiger partial charge < -0.3 is 0 Å². The zero-order valence-electron chi connectivity index (χ0n) is 9.22. The van der Waals surface area contributed by atoms with Crippen LogP contribution in [-0.2, 0) is 0 Å². The maximum atomic E-state index is 8.70. The smallest absolute Gasteiger partial charge is 0.131 e. The third-order valence-corrected chi connectivity index (χ3v) is 3.69. The number of benzene rings is 1. The highest BCUT2D eigenvalue weighted by Crippen LogP contribution is 2.33. The summed E-state index contributed by atoms with van der Waals surface area (Å²) in [6.45, 7) is 0. The van der Waals surface area contributed by atoms with Crippen molar-refractivity contribution in [3.8, 4) is 22.6 Å². The maximum Gasteiger partial charge on any atom is 0.131 e. The van der Waals surface area contributed by atoms with Gasteiger partial charge in [0.15, 0.2) is 0 Å². The third kappa shape index (κ3) is 2.60. The zero-order valence-corrected chi connectivity index (χ0v) is 10.8. The second-order valence-corrected chi connectivity index (χ2v) is 4.99. The minimum atomic E-state index is 0.0996. The van der Waals surface area contributed by atoms with Crippen molar-refractivity contribution in [1.82, 2.24) is 0 Å². The lowest BCUT2D eigenvalue weighted by atomic mass is 10.2. The lowest BCUT2D eigenvalue weighted by molar-refractivity contribution is 1.47. The van der Waals surface area contributed by atoms with Gasteiger partial charge in [0.1, 0.15) is 17.7 Å². The van der Waals surface area contributed by atoms with Crippen LogP contribution in [0.3, 0.4) is 0 Å². The van der Waals surface area contributed by atoms with Crippen molar-refractivity contribution in [3.05, 3.63) is 51.9 Å². The summed E-state index contributed by atoms with van der Waals surface area (Å²) in [6, 6.07) is 15.1. The Kier molecular flexibility index (Phi) is 3.79. The Hall–Kier alpha value is -2.07. The first-order valence-corrected chi connectivity index (χ1v) is 6.30. The number of hydrogen-bond donors (Lipinski definition) is 0. The average Bonchev–Trinajstić information content (AvgIpc) is 2.85. The summed E-state index contributed by atoms with van der Waals surface area (Å²) in [6.07, 6.45) is 1.57. The molecule has 0 unspecified atom stereocenters. The highest BCUT2D eigenvalue weighted by Gasteiger charge is 2.05. The van der Waals surface area contributed by atoms with Gasteiger partial charge in [-0.05, 0) is 24.3 Å². The number of nitrogens with zero attached hydrogens (tertiary/aromatic N) is 2. The highest BCUT2D eigenvalue weighted by atomic mass is 35.5. The van der Waals surface area contributed by atoms with E-state index < -0.39 is 0 Å². The number of rotatable bonds is 2. The number of halogens is 1. The third-order valence-electron chi connectivity index (χ3n) is 2.29. The van der Waals surface area contributed by atoms with Crippen LogP contribution in [0.1, 0.15) is 4.88 Å². The molecule has 1 aromatic carbocycles. The summed E-state index contributed by atoms with van der Waals surface area (Å²) in [5.74, 6) is 0. The van der Waals surface area contributed by atoms with Gasteiger partial charge in [-0.3, -0.25) is 0 Å². The lowest BCUT2D eigenvalue weighted by Crippen LogP contribution is -1.72. The molecule has 4 heteroatoms. The predicted octanol–water partition coefficient (Wildman–Crippen LogP) is 4.50. The van der Waals surface area contributed by atoms with E-state index in [1.54, 1.807) is 6.08 Å². The molecule has 0 aliphatic heterocycles. The molecule has 18 heavy (non-hydrogen) atoms.